The van der Waals surface area contributed by atoms with Gasteiger partial charge >= 0.3 is 0 Å². The Morgan fingerprint density at radius 3 is 2.73 bits per heavy atom. The number of para-hydroxylation sites is 2. The minimum Gasteiger partial charge on any atom is -0.495 e. The van der Waals surface area contributed by atoms with Crippen LogP contribution in [0.25, 0.3) is 0 Å². The fourth-order valence-corrected chi connectivity index (χ4v) is 1.46. The van der Waals surface area contributed by atoms with Crippen LogP contribution in [-0.2, 0) is 0 Å². The molecule has 1 aromatic rings. The van der Waals surface area contributed by atoms with Gasteiger partial charge in [-0.05, 0) is 25.1 Å². The fourth-order valence-electron chi connectivity index (χ4n) is 1.46. The molecule has 15 heavy (non-hydrogen) atoms. The van der Waals surface area contributed by atoms with E-state index in [1.54, 1.807) is 7.11 Å². The van der Waals surface area contributed by atoms with Gasteiger partial charge in [-0.2, -0.15) is 0 Å². The van der Waals surface area contributed by atoms with Gasteiger partial charge in [-0.1, -0.05) is 12.1 Å². The Morgan fingerprint density at radius 2 is 2.13 bits per heavy atom. The minimum absolute atomic E-state index is 0.549. The molecule has 0 bridgehead atoms. The second-order valence-electron chi connectivity index (χ2n) is 3.07. The lowest BCUT2D eigenvalue weighted by Gasteiger charge is -2.23. The van der Waals surface area contributed by atoms with E-state index in [4.69, 9.17) is 4.74 Å². The SMILES string of the molecule is CCN(C/C=C/F)c1ccccc1OC. The molecule has 1 rings (SSSR count). The van der Waals surface area contributed by atoms with Gasteiger partial charge in [-0.25, -0.2) is 4.39 Å². The maximum atomic E-state index is 11.9. The highest BCUT2D eigenvalue weighted by Crippen LogP contribution is 2.27. The van der Waals surface area contributed by atoms with Crippen LogP contribution < -0.4 is 9.64 Å². The predicted octanol–water partition coefficient (Wildman–Crippen LogP) is 3.00. The number of methoxy groups -OCH3 is 1. The van der Waals surface area contributed by atoms with Crippen molar-refractivity contribution in [1.82, 2.24) is 0 Å². The van der Waals surface area contributed by atoms with Crippen LogP contribution in [0.4, 0.5) is 10.1 Å². The van der Waals surface area contributed by atoms with E-state index in [9.17, 15) is 4.39 Å². The standard InChI is InChI=1S/C12H16FNO/c1-3-14(10-6-9-13)11-7-4-5-8-12(11)15-2/h4-9H,3,10H2,1-2H3/b9-6+. The van der Waals surface area contributed by atoms with Gasteiger partial charge in [0.25, 0.3) is 0 Å². The van der Waals surface area contributed by atoms with E-state index in [1.807, 2.05) is 36.1 Å². The highest BCUT2D eigenvalue weighted by atomic mass is 19.1. The number of ether oxygens (including phenoxy) is 1. The van der Waals surface area contributed by atoms with Crippen molar-refractivity contribution in [3.05, 3.63) is 36.7 Å². The first-order chi connectivity index (χ1) is 7.33. The fraction of sp³-hybridized carbons (Fsp3) is 0.333. The molecule has 0 fully saturated rings. The second kappa shape index (κ2) is 6.06. The summed E-state index contributed by atoms with van der Waals surface area (Å²) < 4.78 is 17.2. The zero-order valence-electron chi connectivity index (χ0n) is 9.11. The summed E-state index contributed by atoms with van der Waals surface area (Å²) >= 11 is 0. The maximum absolute atomic E-state index is 11.9. The number of nitrogens with zero attached hydrogens (tertiary/aromatic N) is 1. The van der Waals surface area contributed by atoms with Crippen LogP contribution in [0.5, 0.6) is 5.75 Å². The van der Waals surface area contributed by atoms with Crippen molar-refractivity contribution in [2.24, 2.45) is 0 Å². The predicted molar refractivity (Wildman–Crippen MR) is 61.1 cm³/mol. The summed E-state index contributed by atoms with van der Waals surface area (Å²) in [4.78, 5) is 2.04. The molecule has 0 N–H and O–H groups in total. The van der Waals surface area contributed by atoms with Crippen LogP contribution in [0.3, 0.4) is 0 Å². The Bertz CT molecular complexity index is 325. The average molecular weight is 209 g/mol. The maximum Gasteiger partial charge on any atom is 0.142 e. The van der Waals surface area contributed by atoms with Crippen LogP contribution in [0.15, 0.2) is 36.7 Å². The van der Waals surface area contributed by atoms with Crippen molar-refractivity contribution >= 4 is 5.69 Å². The highest BCUT2D eigenvalue weighted by molar-refractivity contribution is 5.58. The Kier molecular flexibility index (Phi) is 4.68. The molecule has 0 radical (unpaired) electrons. The molecule has 0 atom stereocenters. The number of hydrogen-bond acceptors (Lipinski definition) is 2. The molecular formula is C12H16FNO. The Morgan fingerprint density at radius 1 is 1.40 bits per heavy atom. The van der Waals surface area contributed by atoms with E-state index in [-0.39, 0.29) is 0 Å². The van der Waals surface area contributed by atoms with Crippen molar-refractivity contribution in [2.45, 2.75) is 6.92 Å². The number of likely N-dealkylation sites (N-methyl/N-ethyl adjacent to an activating group) is 1. The summed E-state index contributed by atoms with van der Waals surface area (Å²) in [6, 6.07) is 7.73. The lowest BCUT2D eigenvalue weighted by molar-refractivity contribution is 0.414. The van der Waals surface area contributed by atoms with Crippen LogP contribution in [0.2, 0.25) is 0 Å². The molecule has 0 heterocycles. The van der Waals surface area contributed by atoms with Gasteiger partial charge in [0.05, 0.1) is 19.1 Å². The largest absolute Gasteiger partial charge is 0.495 e. The molecule has 0 aliphatic heterocycles. The van der Waals surface area contributed by atoms with Crippen LogP contribution in [0, 0.1) is 0 Å². The minimum atomic E-state index is 0.549. The summed E-state index contributed by atoms with van der Waals surface area (Å²) in [6.45, 7) is 3.39. The quantitative estimate of drug-likeness (QED) is 0.739. The van der Waals surface area contributed by atoms with Crippen LogP contribution in [-0.4, -0.2) is 20.2 Å². The first-order valence-corrected chi connectivity index (χ1v) is 4.96. The van der Waals surface area contributed by atoms with Gasteiger partial charge in [0.2, 0.25) is 0 Å². The summed E-state index contributed by atoms with van der Waals surface area (Å²) in [5, 5.41) is 0. The van der Waals surface area contributed by atoms with E-state index in [1.165, 1.54) is 6.08 Å². The first-order valence-electron chi connectivity index (χ1n) is 4.96. The van der Waals surface area contributed by atoms with Crippen molar-refractivity contribution in [1.29, 1.82) is 0 Å². The number of hydrogen-bond donors (Lipinski definition) is 0. The van der Waals surface area contributed by atoms with Gasteiger partial charge in [0.15, 0.2) is 0 Å². The van der Waals surface area contributed by atoms with Gasteiger partial charge in [-0.3, -0.25) is 0 Å². The van der Waals surface area contributed by atoms with Gasteiger partial charge in [-0.15, -0.1) is 0 Å². The molecule has 0 aliphatic rings. The van der Waals surface area contributed by atoms with Crippen LogP contribution >= 0.6 is 0 Å². The normalized spacial score (nSPS) is 10.6. The van der Waals surface area contributed by atoms with Crippen LogP contribution in [0.1, 0.15) is 6.92 Å². The average Bonchev–Trinajstić information content (AvgIpc) is 2.30. The van der Waals surface area contributed by atoms with E-state index < -0.39 is 0 Å². The molecule has 1 aromatic carbocycles. The summed E-state index contributed by atoms with van der Waals surface area (Å²) in [6.07, 6.45) is 2.05. The Balaban J connectivity index is 2.89. The van der Waals surface area contributed by atoms with E-state index in [0.717, 1.165) is 18.0 Å². The lowest BCUT2D eigenvalue weighted by Crippen LogP contribution is -2.23. The number of benzene rings is 1. The molecule has 0 saturated heterocycles. The molecule has 0 aliphatic carbocycles. The summed E-state index contributed by atoms with van der Waals surface area (Å²) in [7, 11) is 1.64. The van der Waals surface area contributed by atoms with E-state index in [0.29, 0.717) is 12.9 Å². The molecule has 82 valence electrons. The van der Waals surface area contributed by atoms with Crippen molar-refractivity contribution < 1.29 is 9.13 Å². The molecule has 3 heteroatoms. The molecular weight excluding hydrogens is 193 g/mol. The zero-order chi connectivity index (χ0) is 11.1. The molecule has 0 spiro atoms. The number of halogens is 1. The van der Waals surface area contributed by atoms with Gasteiger partial charge in [0.1, 0.15) is 5.75 Å². The molecule has 0 amide bonds. The van der Waals surface area contributed by atoms with Gasteiger partial charge in [0, 0.05) is 13.1 Å². The summed E-state index contributed by atoms with van der Waals surface area (Å²) in [5.41, 5.74) is 0.987. The third kappa shape index (κ3) is 2.98. The molecule has 0 aromatic heterocycles. The van der Waals surface area contributed by atoms with Crippen molar-refractivity contribution in [2.75, 3.05) is 25.1 Å². The third-order valence-electron chi connectivity index (χ3n) is 2.22. The number of anilines is 1. The lowest BCUT2D eigenvalue weighted by atomic mass is 10.2. The zero-order valence-corrected chi connectivity index (χ0v) is 9.11. The third-order valence-corrected chi connectivity index (χ3v) is 2.22. The van der Waals surface area contributed by atoms with Crippen molar-refractivity contribution in [3.8, 4) is 5.75 Å². The first kappa shape index (κ1) is 11.6. The Labute approximate surface area is 90.0 Å². The molecule has 0 unspecified atom stereocenters. The summed E-state index contributed by atoms with van der Waals surface area (Å²) in [5.74, 6) is 0.812. The Hall–Kier alpha value is -1.51. The van der Waals surface area contributed by atoms with E-state index >= 15 is 0 Å². The smallest absolute Gasteiger partial charge is 0.142 e. The molecule has 2 nitrogen and oxygen atoms in total. The van der Waals surface area contributed by atoms with Gasteiger partial charge < -0.3 is 9.64 Å². The number of rotatable bonds is 5. The highest BCUT2D eigenvalue weighted by Gasteiger charge is 2.07. The topological polar surface area (TPSA) is 12.5 Å². The van der Waals surface area contributed by atoms with E-state index in [2.05, 4.69) is 0 Å². The second-order valence-corrected chi connectivity index (χ2v) is 3.07. The molecule has 0 saturated carbocycles. The van der Waals surface area contributed by atoms with Crippen molar-refractivity contribution in [3.63, 3.8) is 0 Å². The monoisotopic (exact) mass is 209 g/mol.